The zero-order valence-corrected chi connectivity index (χ0v) is 8.58. The van der Waals surface area contributed by atoms with Gasteiger partial charge >= 0.3 is 5.97 Å². The van der Waals surface area contributed by atoms with Gasteiger partial charge in [-0.05, 0) is 18.0 Å². The third kappa shape index (κ3) is 2.45. The molecule has 0 amide bonds. The highest BCUT2D eigenvalue weighted by Gasteiger charge is 2.35. The molecule has 4 heteroatoms. The van der Waals surface area contributed by atoms with Gasteiger partial charge < -0.3 is 4.74 Å². The molecule has 1 aliphatic carbocycles. The summed E-state index contributed by atoms with van der Waals surface area (Å²) in [5.41, 5.74) is -0.873. The lowest BCUT2D eigenvalue weighted by atomic mass is 9.84. The van der Waals surface area contributed by atoms with E-state index in [1.54, 1.807) is 12.2 Å². The molecule has 3 nitrogen and oxygen atoms in total. The Kier molecular flexibility index (Phi) is 3.47. The van der Waals surface area contributed by atoms with E-state index in [-0.39, 0.29) is 6.61 Å². The SMILES string of the molecule is CC(=O)OCC1(C(=O)Cl)C=CC=CC1. The second kappa shape index (κ2) is 4.42. The van der Waals surface area contributed by atoms with Crippen molar-refractivity contribution >= 4 is 22.8 Å². The molecule has 1 atom stereocenters. The summed E-state index contributed by atoms with van der Waals surface area (Å²) in [6, 6.07) is 0. The predicted molar refractivity (Wildman–Crippen MR) is 52.8 cm³/mol. The third-order valence-corrected chi connectivity index (χ3v) is 2.45. The van der Waals surface area contributed by atoms with Gasteiger partial charge in [0.15, 0.2) is 0 Å². The van der Waals surface area contributed by atoms with Gasteiger partial charge in [0.1, 0.15) is 12.0 Å². The largest absolute Gasteiger partial charge is 0.464 e. The van der Waals surface area contributed by atoms with E-state index in [9.17, 15) is 9.59 Å². The molecule has 1 aliphatic rings. The quantitative estimate of drug-likeness (QED) is 0.532. The van der Waals surface area contributed by atoms with E-state index in [4.69, 9.17) is 16.3 Å². The normalized spacial score (nSPS) is 24.7. The van der Waals surface area contributed by atoms with Crippen molar-refractivity contribution < 1.29 is 14.3 Å². The molecule has 0 aromatic heterocycles. The van der Waals surface area contributed by atoms with Crippen molar-refractivity contribution in [2.24, 2.45) is 5.41 Å². The molecule has 0 heterocycles. The highest BCUT2D eigenvalue weighted by atomic mass is 35.5. The minimum atomic E-state index is -0.873. The van der Waals surface area contributed by atoms with Gasteiger partial charge in [0.25, 0.3) is 0 Å². The first kappa shape index (κ1) is 11.0. The summed E-state index contributed by atoms with van der Waals surface area (Å²) in [6.45, 7) is 1.31. The minimum Gasteiger partial charge on any atom is -0.464 e. The van der Waals surface area contributed by atoms with E-state index in [1.807, 2.05) is 12.2 Å². The van der Waals surface area contributed by atoms with Crippen molar-refractivity contribution in [3.63, 3.8) is 0 Å². The molecule has 0 saturated carbocycles. The fraction of sp³-hybridized carbons (Fsp3) is 0.400. The Morgan fingerprint density at radius 1 is 1.50 bits per heavy atom. The van der Waals surface area contributed by atoms with Gasteiger partial charge in [0, 0.05) is 6.92 Å². The number of halogens is 1. The lowest BCUT2D eigenvalue weighted by Crippen LogP contribution is -2.32. The van der Waals surface area contributed by atoms with Crippen LogP contribution in [0.4, 0.5) is 0 Å². The summed E-state index contributed by atoms with van der Waals surface area (Å²) in [5, 5.41) is -0.501. The second-order valence-electron chi connectivity index (χ2n) is 3.20. The number of ether oxygens (including phenoxy) is 1. The first-order valence-corrected chi connectivity index (χ1v) is 4.62. The minimum absolute atomic E-state index is 0.00546. The standard InChI is InChI=1S/C10H11ClO3/c1-8(12)14-7-10(9(11)13)5-3-2-4-6-10/h2-5H,6-7H2,1H3. The van der Waals surface area contributed by atoms with Gasteiger partial charge in [0.05, 0.1) is 0 Å². The molecule has 1 rings (SSSR count). The van der Waals surface area contributed by atoms with Crippen LogP contribution in [0.2, 0.25) is 0 Å². The fourth-order valence-electron chi connectivity index (χ4n) is 1.20. The van der Waals surface area contributed by atoms with Crippen LogP contribution in [0.5, 0.6) is 0 Å². The molecule has 0 radical (unpaired) electrons. The topological polar surface area (TPSA) is 43.4 Å². The van der Waals surface area contributed by atoms with E-state index in [2.05, 4.69) is 0 Å². The zero-order valence-electron chi connectivity index (χ0n) is 7.83. The van der Waals surface area contributed by atoms with Crippen LogP contribution in [0.25, 0.3) is 0 Å². The average Bonchev–Trinajstić information content (AvgIpc) is 2.16. The van der Waals surface area contributed by atoms with Crippen molar-refractivity contribution in [1.82, 2.24) is 0 Å². The summed E-state index contributed by atoms with van der Waals surface area (Å²) in [6.07, 6.45) is 7.52. The Balaban J connectivity index is 2.73. The Hall–Kier alpha value is -1.09. The number of carbonyl (C=O) groups excluding carboxylic acids is 2. The van der Waals surface area contributed by atoms with Crippen LogP contribution >= 0.6 is 11.6 Å². The number of allylic oxidation sites excluding steroid dienone is 3. The van der Waals surface area contributed by atoms with Crippen molar-refractivity contribution in [3.05, 3.63) is 24.3 Å². The highest BCUT2D eigenvalue weighted by Crippen LogP contribution is 2.31. The predicted octanol–water partition coefficient (Wildman–Crippen LogP) is 1.82. The lowest BCUT2D eigenvalue weighted by Gasteiger charge is -2.25. The van der Waals surface area contributed by atoms with Crippen LogP contribution < -0.4 is 0 Å². The van der Waals surface area contributed by atoms with E-state index in [0.717, 1.165) is 0 Å². The number of rotatable bonds is 3. The Labute approximate surface area is 87.4 Å². The van der Waals surface area contributed by atoms with Crippen molar-refractivity contribution in [3.8, 4) is 0 Å². The molecule has 0 aromatic carbocycles. The number of hydrogen-bond acceptors (Lipinski definition) is 3. The lowest BCUT2D eigenvalue weighted by molar-refractivity contribution is -0.144. The summed E-state index contributed by atoms with van der Waals surface area (Å²) in [7, 11) is 0. The molecule has 0 N–H and O–H groups in total. The van der Waals surface area contributed by atoms with Gasteiger partial charge in [-0.25, -0.2) is 0 Å². The summed E-state index contributed by atoms with van der Waals surface area (Å²) in [5.74, 6) is -0.412. The van der Waals surface area contributed by atoms with E-state index in [1.165, 1.54) is 6.92 Å². The Morgan fingerprint density at radius 3 is 2.64 bits per heavy atom. The Morgan fingerprint density at radius 2 is 2.21 bits per heavy atom. The van der Waals surface area contributed by atoms with E-state index >= 15 is 0 Å². The molecule has 14 heavy (non-hydrogen) atoms. The smallest absolute Gasteiger partial charge is 0.302 e. The monoisotopic (exact) mass is 214 g/mol. The molecule has 0 spiro atoms. The van der Waals surface area contributed by atoms with Gasteiger partial charge in [-0.2, -0.15) is 0 Å². The van der Waals surface area contributed by atoms with Crippen LogP contribution in [0.15, 0.2) is 24.3 Å². The maximum Gasteiger partial charge on any atom is 0.302 e. The third-order valence-electron chi connectivity index (χ3n) is 2.07. The van der Waals surface area contributed by atoms with Gasteiger partial charge in [-0.3, -0.25) is 9.59 Å². The van der Waals surface area contributed by atoms with Crippen LogP contribution in [-0.2, 0) is 14.3 Å². The molecule has 0 fully saturated rings. The van der Waals surface area contributed by atoms with Gasteiger partial charge in [-0.1, -0.05) is 24.3 Å². The van der Waals surface area contributed by atoms with Gasteiger partial charge in [-0.15, -0.1) is 0 Å². The van der Waals surface area contributed by atoms with Gasteiger partial charge in [0.2, 0.25) is 5.24 Å². The maximum absolute atomic E-state index is 11.2. The van der Waals surface area contributed by atoms with Crippen LogP contribution in [0.1, 0.15) is 13.3 Å². The molecular formula is C10H11ClO3. The average molecular weight is 215 g/mol. The molecule has 0 saturated heterocycles. The van der Waals surface area contributed by atoms with E-state index < -0.39 is 16.6 Å². The molecule has 0 aromatic rings. The van der Waals surface area contributed by atoms with Crippen molar-refractivity contribution in [2.75, 3.05) is 6.61 Å². The molecule has 0 bridgehead atoms. The van der Waals surface area contributed by atoms with Crippen LogP contribution in [0.3, 0.4) is 0 Å². The molecule has 0 aliphatic heterocycles. The molecular weight excluding hydrogens is 204 g/mol. The number of carbonyl (C=O) groups is 2. The molecule has 76 valence electrons. The van der Waals surface area contributed by atoms with Crippen molar-refractivity contribution in [2.45, 2.75) is 13.3 Å². The summed E-state index contributed by atoms with van der Waals surface area (Å²) >= 11 is 5.48. The Bertz CT molecular complexity index is 306. The second-order valence-corrected chi connectivity index (χ2v) is 3.54. The summed E-state index contributed by atoms with van der Waals surface area (Å²) in [4.78, 5) is 21.9. The molecule has 1 unspecified atom stereocenters. The van der Waals surface area contributed by atoms with Crippen LogP contribution in [-0.4, -0.2) is 17.8 Å². The summed E-state index contributed by atoms with van der Waals surface area (Å²) < 4.78 is 4.82. The number of esters is 1. The first-order valence-electron chi connectivity index (χ1n) is 4.24. The van der Waals surface area contributed by atoms with Crippen LogP contribution in [0, 0.1) is 5.41 Å². The fourth-order valence-corrected chi connectivity index (χ4v) is 1.40. The maximum atomic E-state index is 11.2. The number of hydrogen-bond donors (Lipinski definition) is 0. The van der Waals surface area contributed by atoms with Crippen molar-refractivity contribution in [1.29, 1.82) is 0 Å². The first-order chi connectivity index (χ1) is 6.57. The van der Waals surface area contributed by atoms with E-state index in [0.29, 0.717) is 6.42 Å². The highest BCUT2D eigenvalue weighted by molar-refractivity contribution is 6.65. The zero-order chi connectivity index (χ0) is 10.6.